The third-order valence-electron chi connectivity index (χ3n) is 5.18. The van der Waals surface area contributed by atoms with Crippen molar-refractivity contribution in [1.29, 1.82) is 0 Å². The first-order valence-corrected chi connectivity index (χ1v) is 11.3. The van der Waals surface area contributed by atoms with Crippen LogP contribution >= 0.6 is 0 Å². The summed E-state index contributed by atoms with van der Waals surface area (Å²) in [4.78, 5) is 16.2. The number of hydrogen-bond donors (Lipinski definition) is 1. The maximum atomic E-state index is 12.9. The first-order chi connectivity index (χ1) is 14.9. The summed E-state index contributed by atoms with van der Waals surface area (Å²) in [5.41, 5.74) is -2.28. The van der Waals surface area contributed by atoms with Crippen molar-refractivity contribution in [3.05, 3.63) is 24.0 Å². The number of hydrogen-bond acceptors (Lipinski definition) is 7. The lowest BCUT2D eigenvalue weighted by Gasteiger charge is -2.26. The van der Waals surface area contributed by atoms with E-state index in [1.165, 1.54) is 16.4 Å². The van der Waals surface area contributed by atoms with E-state index in [1.54, 1.807) is 17.6 Å². The zero-order valence-corrected chi connectivity index (χ0v) is 18.4. The highest BCUT2D eigenvalue weighted by atomic mass is 32.2. The molecule has 0 radical (unpaired) electrons. The van der Waals surface area contributed by atoms with Crippen molar-refractivity contribution in [3.63, 3.8) is 0 Å². The summed E-state index contributed by atoms with van der Waals surface area (Å²) < 4.78 is 77.1. The van der Waals surface area contributed by atoms with Gasteiger partial charge in [-0.3, -0.25) is 4.79 Å². The van der Waals surface area contributed by atoms with Gasteiger partial charge in [-0.15, -0.1) is 0 Å². The van der Waals surface area contributed by atoms with Gasteiger partial charge in [0, 0.05) is 19.6 Å². The topological polar surface area (TPSA) is 111 Å². The van der Waals surface area contributed by atoms with Crippen molar-refractivity contribution in [3.8, 4) is 0 Å². The number of alkyl halides is 3. The minimum Gasteiger partial charge on any atom is -0.457 e. The lowest BCUT2D eigenvalue weighted by atomic mass is 10.0. The fourth-order valence-electron chi connectivity index (χ4n) is 3.30. The predicted octanol–water partition coefficient (Wildman–Crippen LogP) is 1.82. The lowest BCUT2D eigenvalue weighted by molar-refractivity contribution is -0.256. The van der Waals surface area contributed by atoms with Gasteiger partial charge in [0.2, 0.25) is 10.0 Å². The molecule has 2 heterocycles. The SMILES string of the molecule is CCn1c(COC(=O)CC(C)(O)C(F)(F)F)nc2cc(S(=O)(=O)N3CCOCC3)ccc21. The first kappa shape index (κ1) is 24.4. The average molecular weight is 479 g/mol. The van der Waals surface area contributed by atoms with Gasteiger partial charge in [-0.2, -0.15) is 17.5 Å². The number of benzene rings is 1. The van der Waals surface area contributed by atoms with Gasteiger partial charge in [0.1, 0.15) is 12.4 Å². The van der Waals surface area contributed by atoms with Gasteiger partial charge in [0.05, 0.1) is 35.6 Å². The number of aryl methyl sites for hydroxylation is 1. The van der Waals surface area contributed by atoms with Gasteiger partial charge in [0.15, 0.2) is 5.60 Å². The van der Waals surface area contributed by atoms with E-state index in [-0.39, 0.29) is 23.8 Å². The second-order valence-electron chi connectivity index (χ2n) is 7.55. The number of sulfonamides is 1. The Balaban J connectivity index is 1.81. The Morgan fingerprint density at radius 1 is 1.28 bits per heavy atom. The second kappa shape index (κ2) is 8.96. The highest BCUT2D eigenvalue weighted by Crippen LogP contribution is 2.33. The molecule has 1 unspecified atom stereocenters. The zero-order valence-electron chi connectivity index (χ0n) is 17.6. The zero-order chi connectivity index (χ0) is 23.7. The average Bonchev–Trinajstić information content (AvgIpc) is 3.08. The van der Waals surface area contributed by atoms with Crippen LogP contribution in [0.2, 0.25) is 0 Å². The molecule has 0 aliphatic carbocycles. The molecule has 1 N–H and O–H groups in total. The van der Waals surface area contributed by atoms with Crippen LogP contribution in [0.25, 0.3) is 11.0 Å². The summed E-state index contributed by atoms with van der Waals surface area (Å²) in [5, 5.41) is 9.43. The number of fused-ring (bicyclic) bond motifs is 1. The molecule has 178 valence electrons. The fourth-order valence-corrected chi connectivity index (χ4v) is 4.72. The van der Waals surface area contributed by atoms with Crippen molar-refractivity contribution in [2.45, 2.75) is 50.1 Å². The van der Waals surface area contributed by atoms with E-state index in [2.05, 4.69) is 4.98 Å². The standard InChI is InChI=1S/C19H24F3N3O6S/c1-3-25-15-5-4-13(32(28,29)24-6-8-30-9-7-24)10-14(15)23-16(25)12-31-17(26)11-18(2,27)19(20,21)22/h4-5,10,27H,3,6-9,11-12H2,1-2H3. The quantitative estimate of drug-likeness (QED) is 0.603. The lowest BCUT2D eigenvalue weighted by Crippen LogP contribution is -2.44. The predicted molar refractivity (Wildman–Crippen MR) is 106 cm³/mol. The summed E-state index contributed by atoms with van der Waals surface area (Å²) in [7, 11) is -3.74. The minimum atomic E-state index is -4.98. The number of rotatable bonds is 7. The van der Waals surface area contributed by atoms with Crippen molar-refractivity contribution in [1.82, 2.24) is 13.9 Å². The summed E-state index contributed by atoms with van der Waals surface area (Å²) in [5.74, 6) is -0.999. The van der Waals surface area contributed by atoms with Crippen LogP contribution in [0, 0.1) is 0 Å². The Morgan fingerprint density at radius 3 is 2.53 bits per heavy atom. The number of esters is 1. The molecule has 1 aromatic heterocycles. The van der Waals surface area contributed by atoms with E-state index in [9.17, 15) is 31.5 Å². The van der Waals surface area contributed by atoms with Crippen LogP contribution in [-0.2, 0) is 37.4 Å². The van der Waals surface area contributed by atoms with Crippen LogP contribution in [0.5, 0.6) is 0 Å². The number of aliphatic hydroxyl groups is 1. The van der Waals surface area contributed by atoms with Crippen LogP contribution in [0.4, 0.5) is 13.2 Å². The molecule has 0 spiro atoms. The fraction of sp³-hybridized carbons (Fsp3) is 0.579. The number of halogens is 3. The Hall–Kier alpha value is -2.22. The molecule has 0 amide bonds. The number of aromatic nitrogens is 2. The monoisotopic (exact) mass is 479 g/mol. The van der Waals surface area contributed by atoms with Crippen molar-refractivity contribution < 1.29 is 41.0 Å². The van der Waals surface area contributed by atoms with E-state index in [4.69, 9.17) is 9.47 Å². The van der Waals surface area contributed by atoms with Crippen LogP contribution < -0.4 is 0 Å². The van der Waals surface area contributed by atoms with E-state index < -0.39 is 40.8 Å². The van der Waals surface area contributed by atoms with Gasteiger partial charge in [-0.1, -0.05) is 0 Å². The van der Waals surface area contributed by atoms with E-state index >= 15 is 0 Å². The van der Waals surface area contributed by atoms with Crippen LogP contribution in [0.1, 0.15) is 26.1 Å². The molecule has 0 saturated carbocycles. The van der Waals surface area contributed by atoms with Gasteiger partial charge < -0.3 is 19.1 Å². The Bertz CT molecular complexity index is 1090. The molecule has 2 aromatic rings. The van der Waals surface area contributed by atoms with E-state index in [0.717, 1.165) is 0 Å². The van der Waals surface area contributed by atoms with Crippen LogP contribution in [0.15, 0.2) is 23.1 Å². The highest BCUT2D eigenvalue weighted by Gasteiger charge is 2.51. The van der Waals surface area contributed by atoms with Crippen LogP contribution in [0.3, 0.4) is 0 Å². The highest BCUT2D eigenvalue weighted by molar-refractivity contribution is 7.89. The second-order valence-corrected chi connectivity index (χ2v) is 9.49. The largest absolute Gasteiger partial charge is 0.457 e. The van der Waals surface area contributed by atoms with Gasteiger partial charge in [-0.25, -0.2) is 13.4 Å². The number of nitrogens with zero attached hydrogens (tertiary/aromatic N) is 3. The molecule has 32 heavy (non-hydrogen) atoms. The summed E-state index contributed by atoms with van der Waals surface area (Å²) in [6, 6.07) is 4.45. The van der Waals surface area contributed by atoms with Gasteiger partial charge in [0.25, 0.3) is 0 Å². The maximum Gasteiger partial charge on any atom is 0.417 e. The summed E-state index contributed by atoms with van der Waals surface area (Å²) >= 11 is 0. The third-order valence-corrected chi connectivity index (χ3v) is 7.08. The Labute approximate surface area is 182 Å². The Morgan fingerprint density at radius 2 is 1.94 bits per heavy atom. The molecule has 3 rings (SSSR count). The van der Waals surface area contributed by atoms with Gasteiger partial charge in [-0.05, 0) is 32.0 Å². The van der Waals surface area contributed by atoms with E-state index in [1.807, 2.05) is 0 Å². The van der Waals surface area contributed by atoms with Crippen molar-refractivity contribution >= 4 is 27.0 Å². The molecule has 0 bridgehead atoms. The molecule has 1 aliphatic rings. The first-order valence-electron chi connectivity index (χ1n) is 9.88. The van der Waals surface area contributed by atoms with E-state index in [0.29, 0.717) is 37.7 Å². The van der Waals surface area contributed by atoms with Gasteiger partial charge >= 0.3 is 12.1 Å². The smallest absolute Gasteiger partial charge is 0.417 e. The van der Waals surface area contributed by atoms with Crippen molar-refractivity contribution in [2.24, 2.45) is 0 Å². The van der Waals surface area contributed by atoms with Crippen LogP contribution in [-0.4, -0.2) is 71.4 Å². The number of imidazole rings is 1. The minimum absolute atomic E-state index is 0.0532. The molecule has 1 atom stereocenters. The molecule has 1 aromatic carbocycles. The summed E-state index contributed by atoms with van der Waals surface area (Å²) in [6.07, 6.45) is -6.24. The summed E-state index contributed by atoms with van der Waals surface area (Å²) in [6.45, 7) is 3.36. The molecule has 9 nitrogen and oxygen atoms in total. The molecular weight excluding hydrogens is 455 g/mol. The number of carbonyl (C=O) groups is 1. The molecule has 1 saturated heterocycles. The number of ether oxygens (including phenoxy) is 2. The maximum absolute atomic E-state index is 12.9. The molecule has 1 fully saturated rings. The Kier molecular flexibility index (Phi) is 6.84. The molecule has 1 aliphatic heterocycles. The molecular formula is C19H24F3N3O6S. The molecule has 13 heteroatoms. The normalized spacial score (nSPS) is 17.9. The van der Waals surface area contributed by atoms with Crippen molar-refractivity contribution in [2.75, 3.05) is 26.3 Å². The number of morpholine rings is 1. The third kappa shape index (κ3) is 4.90. The number of carbonyl (C=O) groups excluding carboxylic acids is 1.